The van der Waals surface area contributed by atoms with Crippen LogP contribution in [0.3, 0.4) is 0 Å². The van der Waals surface area contributed by atoms with Crippen molar-refractivity contribution in [3.8, 4) is 0 Å². The van der Waals surface area contributed by atoms with Gasteiger partial charge in [0, 0.05) is 12.6 Å². The van der Waals surface area contributed by atoms with Gasteiger partial charge in [-0.25, -0.2) is 17.9 Å². The summed E-state index contributed by atoms with van der Waals surface area (Å²) in [6, 6.07) is 10.2. The number of hydrogen-bond acceptors (Lipinski definition) is 4. The SMILES string of the molecule is O=C(O)C=Cc1ccc(CNS(=O)(=O)c2cccs2)cc1. The molecule has 0 aliphatic carbocycles. The quantitative estimate of drug-likeness (QED) is 0.799. The molecule has 0 saturated heterocycles. The van der Waals surface area contributed by atoms with E-state index in [-0.39, 0.29) is 10.8 Å². The second kappa shape index (κ2) is 6.66. The number of carbonyl (C=O) groups is 1. The first-order chi connectivity index (χ1) is 9.97. The van der Waals surface area contributed by atoms with E-state index < -0.39 is 16.0 Å². The molecule has 1 aromatic heterocycles. The summed E-state index contributed by atoms with van der Waals surface area (Å²) in [4.78, 5) is 10.4. The van der Waals surface area contributed by atoms with Crippen molar-refractivity contribution in [1.29, 1.82) is 0 Å². The van der Waals surface area contributed by atoms with Crippen molar-refractivity contribution in [3.05, 3.63) is 59.0 Å². The Morgan fingerprint density at radius 1 is 1.24 bits per heavy atom. The molecule has 2 rings (SSSR count). The largest absolute Gasteiger partial charge is 0.478 e. The third kappa shape index (κ3) is 4.52. The maximum Gasteiger partial charge on any atom is 0.328 e. The van der Waals surface area contributed by atoms with Crippen molar-refractivity contribution in [2.24, 2.45) is 0 Å². The van der Waals surface area contributed by atoms with Crippen LogP contribution in [0.1, 0.15) is 11.1 Å². The lowest BCUT2D eigenvalue weighted by Gasteiger charge is -2.05. The van der Waals surface area contributed by atoms with Gasteiger partial charge < -0.3 is 5.11 Å². The molecule has 0 spiro atoms. The molecule has 7 heteroatoms. The monoisotopic (exact) mass is 323 g/mol. The van der Waals surface area contributed by atoms with Gasteiger partial charge in [-0.15, -0.1) is 11.3 Å². The molecule has 0 bridgehead atoms. The second-order valence-corrected chi connectivity index (χ2v) is 7.11. The fourth-order valence-electron chi connectivity index (χ4n) is 1.58. The minimum Gasteiger partial charge on any atom is -0.478 e. The average molecular weight is 323 g/mol. The summed E-state index contributed by atoms with van der Waals surface area (Å²) >= 11 is 1.16. The van der Waals surface area contributed by atoms with Gasteiger partial charge in [0.1, 0.15) is 4.21 Å². The molecule has 2 N–H and O–H groups in total. The first-order valence-corrected chi connectivity index (χ1v) is 8.37. The van der Waals surface area contributed by atoms with E-state index in [1.807, 2.05) is 0 Å². The highest BCUT2D eigenvalue weighted by molar-refractivity contribution is 7.91. The molecule has 21 heavy (non-hydrogen) atoms. The molecule has 5 nitrogen and oxygen atoms in total. The molecule has 110 valence electrons. The Bertz CT molecular complexity index is 732. The highest BCUT2D eigenvalue weighted by Gasteiger charge is 2.14. The molecule has 0 unspecified atom stereocenters. The van der Waals surface area contributed by atoms with Crippen LogP contribution in [0.2, 0.25) is 0 Å². The van der Waals surface area contributed by atoms with Crippen molar-refractivity contribution >= 4 is 33.4 Å². The zero-order valence-electron chi connectivity index (χ0n) is 10.9. The van der Waals surface area contributed by atoms with E-state index in [2.05, 4.69) is 4.72 Å². The third-order valence-electron chi connectivity index (χ3n) is 2.62. The van der Waals surface area contributed by atoms with Crippen molar-refractivity contribution in [2.45, 2.75) is 10.8 Å². The molecular formula is C14H13NO4S2. The molecule has 0 atom stereocenters. The lowest BCUT2D eigenvalue weighted by Crippen LogP contribution is -2.22. The second-order valence-electron chi connectivity index (χ2n) is 4.17. The topological polar surface area (TPSA) is 83.5 Å². The molecule has 0 aliphatic heterocycles. The number of carboxylic acids is 1. The molecular weight excluding hydrogens is 310 g/mol. The molecule has 1 aromatic carbocycles. The lowest BCUT2D eigenvalue weighted by atomic mass is 10.1. The Labute approximate surface area is 126 Å². The van der Waals surface area contributed by atoms with E-state index in [9.17, 15) is 13.2 Å². The zero-order chi connectivity index (χ0) is 15.3. The molecule has 1 heterocycles. The van der Waals surface area contributed by atoms with Crippen molar-refractivity contribution in [3.63, 3.8) is 0 Å². The Balaban J connectivity index is 2.00. The van der Waals surface area contributed by atoms with E-state index in [0.717, 1.165) is 28.5 Å². The molecule has 0 amide bonds. The predicted molar refractivity (Wildman–Crippen MR) is 81.5 cm³/mol. The van der Waals surface area contributed by atoms with Gasteiger partial charge in [-0.3, -0.25) is 0 Å². The molecule has 0 aliphatic rings. The van der Waals surface area contributed by atoms with E-state index in [1.165, 1.54) is 6.08 Å². The standard InChI is InChI=1S/C14H13NO4S2/c16-13(17)8-7-11-3-5-12(6-4-11)10-15-21(18,19)14-2-1-9-20-14/h1-9,15H,10H2,(H,16,17). The Morgan fingerprint density at radius 3 is 2.52 bits per heavy atom. The molecule has 0 saturated carbocycles. The van der Waals surface area contributed by atoms with Crippen LogP contribution < -0.4 is 4.72 Å². The van der Waals surface area contributed by atoms with Crippen molar-refractivity contribution in [1.82, 2.24) is 4.72 Å². The average Bonchev–Trinajstić information content (AvgIpc) is 2.99. The zero-order valence-corrected chi connectivity index (χ0v) is 12.5. The molecule has 0 radical (unpaired) electrons. The number of sulfonamides is 1. The minimum absolute atomic E-state index is 0.184. The van der Waals surface area contributed by atoms with Gasteiger partial charge in [-0.2, -0.15) is 0 Å². The number of aliphatic carboxylic acids is 1. The van der Waals surface area contributed by atoms with Gasteiger partial charge in [-0.1, -0.05) is 30.3 Å². The van der Waals surface area contributed by atoms with Crippen molar-refractivity contribution < 1.29 is 18.3 Å². The summed E-state index contributed by atoms with van der Waals surface area (Å²) in [5, 5.41) is 10.2. The Morgan fingerprint density at radius 2 is 1.95 bits per heavy atom. The molecule has 2 aromatic rings. The maximum absolute atomic E-state index is 11.9. The number of benzene rings is 1. The minimum atomic E-state index is -3.47. The highest BCUT2D eigenvalue weighted by Crippen LogP contribution is 2.16. The lowest BCUT2D eigenvalue weighted by molar-refractivity contribution is -0.131. The fraction of sp³-hybridized carbons (Fsp3) is 0.0714. The van der Waals surface area contributed by atoms with Crippen LogP contribution in [0.4, 0.5) is 0 Å². The van der Waals surface area contributed by atoms with E-state index in [1.54, 1.807) is 41.8 Å². The molecule has 0 fully saturated rings. The number of nitrogens with one attached hydrogen (secondary N) is 1. The number of hydrogen-bond donors (Lipinski definition) is 2. The fourth-order valence-corrected chi connectivity index (χ4v) is 3.64. The Hall–Kier alpha value is -1.96. The van der Waals surface area contributed by atoms with Crippen LogP contribution in [-0.4, -0.2) is 19.5 Å². The summed E-state index contributed by atoms with van der Waals surface area (Å²) in [5.41, 5.74) is 1.53. The predicted octanol–water partition coefficient (Wildman–Crippen LogP) is 2.32. The summed E-state index contributed by atoms with van der Waals surface area (Å²) < 4.78 is 26.7. The van der Waals surface area contributed by atoms with Crippen LogP contribution in [-0.2, 0) is 21.4 Å². The summed E-state index contributed by atoms with van der Waals surface area (Å²) in [6.45, 7) is 0.184. The van der Waals surface area contributed by atoms with Crippen LogP contribution in [0.15, 0.2) is 52.1 Å². The van der Waals surface area contributed by atoms with Gasteiger partial charge in [0.15, 0.2) is 0 Å². The summed E-state index contributed by atoms with van der Waals surface area (Å²) in [6.07, 6.45) is 2.52. The van der Waals surface area contributed by atoms with Gasteiger partial charge in [0.25, 0.3) is 0 Å². The number of thiophene rings is 1. The van der Waals surface area contributed by atoms with E-state index in [0.29, 0.717) is 0 Å². The first kappa shape index (κ1) is 15.4. The van der Waals surface area contributed by atoms with Gasteiger partial charge >= 0.3 is 5.97 Å². The smallest absolute Gasteiger partial charge is 0.328 e. The van der Waals surface area contributed by atoms with Gasteiger partial charge in [0.2, 0.25) is 10.0 Å². The van der Waals surface area contributed by atoms with Crippen LogP contribution in [0.25, 0.3) is 6.08 Å². The summed E-state index contributed by atoms with van der Waals surface area (Å²) in [7, 11) is -3.47. The van der Waals surface area contributed by atoms with Gasteiger partial charge in [0.05, 0.1) is 0 Å². The number of carboxylic acid groups (broad SMARTS) is 1. The first-order valence-electron chi connectivity index (χ1n) is 6.00. The number of rotatable bonds is 6. The van der Waals surface area contributed by atoms with Crippen LogP contribution >= 0.6 is 11.3 Å². The summed E-state index contributed by atoms with van der Waals surface area (Å²) in [5.74, 6) is -1.01. The van der Waals surface area contributed by atoms with Crippen LogP contribution in [0.5, 0.6) is 0 Å². The van der Waals surface area contributed by atoms with E-state index in [4.69, 9.17) is 5.11 Å². The highest BCUT2D eigenvalue weighted by atomic mass is 32.2. The van der Waals surface area contributed by atoms with Crippen molar-refractivity contribution in [2.75, 3.05) is 0 Å². The van der Waals surface area contributed by atoms with Crippen LogP contribution in [0, 0.1) is 0 Å². The van der Waals surface area contributed by atoms with Gasteiger partial charge in [-0.05, 0) is 28.6 Å². The Kier molecular flexibility index (Phi) is 4.89. The maximum atomic E-state index is 11.9. The van der Waals surface area contributed by atoms with E-state index >= 15 is 0 Å². The normalized spacial score (nSPS) is 11.8. The third-order valence-corrected chi connectivity index (χ3v) is 5.42.